The van der Waals surface area contributed by atoms with E-state index in [0.717, 1.165) is 24.8 Å². The molecule has 13 nitrogen and oxygen atoms in total. The fraction of sp³-hybridized carbons (Fsp3) is 0.303. The first-order valence-corrected chi connectivity index (χ1v) is 17.6. The highest BCUT2D eigenvalue weighted by atomic mass is 35.5. The van der Waals surface area contributed by atoms with Crippen LogP contribution in [0.2, 0.25) is 5.02 Å². The molecule has 8 rings (SSSR count). The Bertz CT molecular complexity index is 2300. The van der Waals surface area contributed by atoms with Gasteiger partial charge < -0.3 is 9.64 Å². The quantitative estimate of drug-likeness (QED) is 0.227. The van der Waals surface area contributed by atoms with E-state index in [4.69, 9.17) is 31.4 Å². The molecule has 246 valence electrons. The number of hydrogen-bond donors (Lipinski definition) is 1. The van der Waals surface area contributed by atoms with Crippen molar-refractivity contribution in [3.63, 3.8) is 0 Å². The Balaban J connectivity index is 1.26. The summed E-state index contributed by atoms with van der Waals surface area (Å²) in [5, 5.41) is 5.31. The predicted octanol–water partition coefficient (Wildman–Crippen LogP) is 5.03. The number of ether oxygens (including phenoxy) is 1. The average Bonchev–Trinajstić information content (AvgIpc) is 3.82. The van der Waals surface area contributed by atoms with Crippen molar-refractivity contribution in [3.05, 3.63) is 106 Å². The lowest BCUT2D eigenvalue weighted by Gasteiger charge is -2.27. The van der Waals surface area contributed by atoms with Crippen LogP contribution in [0.15, 0.2) is 89.2 Å². The van der Waals surface area contributed by atoms with E-state index in [1.807, 2.05) is 34.9 Å². The summed E-state index contributed by atoms with van der Waals surface area (Å²) in [6, 6.07) is 16.8. The number of aromatic nitrogens is 7. The fourth-order valence-electron chi connectivity index (χ4n) is 6.97. The highest BCUT2D eigenvalue weighted by Crippen LogP contribution is 2.41. The number of para-hydroxylation sites is 1. The zero-order chi connectivity index (χ0) is 33.0. The third-order valence-corrected chi connectivity index (χ3v) is 10.4. The molecule has 6 aromatic rings. The van der Waals surface area contributed by atoms with Crippen LogP contribution in [0.5, 0.6) is 0 Å². The molecule has 15 heteroatoms. The van der Waals surface area contributed by atoms with Gasteiger partial charge in [-0.1, -0.05) is 41.9 Å². The van der Waals surface area contributed by atoms with Gasteiger partial charge in [0, 0.05) is 19.3 Å². The lowest BCUT2D eigenvalue weighted by molar-refractivity contribution is -0.0298. The maximum Gasteiger partial charge on any atom is 0.294 e. The van der Waals surface area contributed by atoms with Crippen LogP contribution in [0.25, 0.3) is 22.4 Å². The molecule has 0 bridgehead atoms. The van der Waals surface area contributed by atoms with Crippen molar-refractivity contribution in [1.29, 1.82) is 0 Å². The minimum atomic E-state index is -4.31. The van der Waals surface area contributed by atoms with E-state index in [1.165, 1.54) is 23.0 Å². The predicted molar refractivity (Wildman–Crippen MR) is 178 cm³/mol. The number of benzene rings is 2. The minimum absolute atomic E-state index is 0.0467. The first-order chi connectivity index (χ1) is 23.3. The van der Waals surface area contributed by atoms with Crippen molar-refractivity contribution in [2.24, 2.45) is 5.92 Å². The molecular weight excluding hydrogens is 656 g/mol. The lowest BCUT2D eigenvalue weighted by Crippen LogP contribution is -2.33. The number of fused-ring (bicyclic) bond motifs is 2. The molecule has 2 aliphatic rings. The first kappa shape index (κ1) is 30.7. The number of imidazole rings is 1. The summed E-state index contributed by atoms with van der Waals surface area (Å²) in [5.74, 6) is 1.17. The summed E-state index contributed by atoms with van der Waals surface area (Å²) in [6.07, 6.45) is 8.94. The summed E-state index contributed by atoms with van der Waals surface area (Å²) in [6.45, 7) is 1.22. The zero-order valence-corrected chi connectivity index (χ0v) is 27.2. The molecule has 0 aliphatic carbocycles. The number of nitrogens with zero attached hydrogens (tertiary/aromatic N) is 8. The van der Waals surface area contributed by atoms with E-state index in [9.17, 15) is 17.8 Å². The SMILES string of the molecule is O=c1c2c(Cl)ccn2nc(C2CC(Cc3ccc(S(=O)(=O)O)cc3)CN2c2ncnc3c2ncn3C2CCCCO2)n1-c1ccccc1. The van der Waals surface area contributed by atoms with E-state index < -0.39 is 16.2 Å². The molecule has 4 aromatic heterocycles. The monoisotopic (exact) mass is 686 g/mol. The molecule has 3 unspecified atom stereocenters. The molecule has 2 aliphatic heterocycles. The molecule has 2 saturated heterocycles. The van der Waals surface area contributed by atoms with E-state index in [-0.39, 0.29) is 28.1 Å². The Morgan fingerprint density at radius 1 is 1.00 bits per heavy atom. The molecule has 0 amide bonds. The Kier molecular flexibility index (Phi) is 7.74. The Labute approximate surface area is 280 Å². The largest absolute Gasteiger partial charge is 0.358 e. The van der Waals surface area contributed by atoms with Crippen LogP contribution < -0.4 is 10.5 Å². The molecule has 0 radical (unpaired) electrons. The molecule has 0 saturated carbocycles. The number of halogens is 1. The summed E-state index contributed by atoms with van der Waals surface area (Å²) >= 11 is 6.48. The van der Waals surface area contributed by atoms with Gasteiger partial charge >= 0.3 is 0 Å². The van der Waals surface area contributed by atoms with Gasteiger partial charge in [-0.2, -0.15) is 13.5 Å². The maximum absolute atomic E-state index is 14.2. The molecule has 48 heavy (non-hydrogen) atoms. The van der Waals surface area contributed by atoms with Gasteiger partial charge in [-0.15, -0.1) is 0 Å². The Morgan fingerprint density at radius 3 is 2.56 bits per heavy atom. The Morgan fingerprint density at radius 2 is 1.81 bits per heavy atom. The van der Waals surface area contributed by atoms with Gasteiger partial charge in [-0.25, -0.2) is 19.5 Å². The van der Waals surface area contributed by atoms with Crippen LogP contribution in [-0.2, 0) is 21.3 Å². The van der Waals surface area contributed by atoms with Crippen molar-refractivity contribution < 1.29 is 17.7 Å². The smallest absolute Gasteiger partial charge is 0.294 e. The van der Waals surface area contributed by atoms with Crippen LogP contribution in [0, 0.1) is 5.92 Å². The Hall–Kier alpha value is -4.63. The maximum atomic E-state index is 14.2. The van der Waals surface area contributed by atoms with Gasteiger partial charge in [0.25, 0.3) is 15.7 Å². The number of rotatable bonds is 7. The summed E-state index contributed by atoms with van der Waals surface area (Å²) in [5.41, 5.74) is 2.82. The van der Waals surface area contributed by atoms with Gasteiger partial charge in [-0.05, 0) is 73.9 Å². The third kappa shape index (κ3) is 5.44. The van der Waals surface area contributed by atoms with Crippen LogP contribution in [0.4, 0.5) is 5.82 Å². The zero-order valence-electron chi connectivity index (χ0n) is 25.6. The van der Waals surface area contributed by atoms with Gasteiger partial charge in [0.2, 0.25) is 0 Å². The van der Waals surface area contributed by atoms with Crippen LogP contribution in [0.1, 0.15) is 49.3 Å². The topological polar surface area (TPSA) is 150 Å². The first-order valence-electron chi connectivity index (χ1n) is 15.7. The van der Waals surface area contributed by atoms with Crippen molar-refractivity contribution in [2.75, 3.05) is 18.1 Å². The molecule has 2 aromatic carbocycles. The van der Waals surface area contributed by atoms with E-state index in [1.54, 1.807) is 35.3 Å². The second-order valence-corrected chi connectivity index (χ2v) is 14.1. The van der Waals surface area contributed by atoms with Crippen molar-refractivity contribution in [2.45, 2.75) is 49.3 Å². The summed E-state index contributed by atoms with van der Waals surface area (Å²) in [4.78, 5) is 30.3. The van der Waals surface area contributed by atoms with Crippen LogP contribution in [-0.4, -0.2) is 59.8 Å². The lowest BCUT2D eigenvalue weighted by atomic mass is 9.96. The second-order valence-electron chi connectivity index (χ2n) is 12.2. The van der Waals surface area contributed by atoms with E-state index in [0.29, 0.717) is 59.5 Å². The van der Waals surface area contributed by atoms with Gasteiger partial charge in [0.1, 0.15) is 18.1 Å². The molecule has 1 N–H and O–H groups in total. The van der Waals surface area contributed by atoms with Crippen molar-refractivity contribution in [1.82, 2.24) is 33.7 Å². The fourth-order valence-corrected chi connectivity index (χ4v) is 7.68. The normalized spacial score (nSPS) is 20.2. The molecule has 2 fully saturated rings. The molecule has 6 heterocycles. The molecule has 3 atom stereocenters. The second kappa shape index (κ2) is 12.1. The van der Waals surface area contributed by atoms with E-state index in [2.05, 4.69) is 9.88 Å². The summed E-state index contributed by atoms with van der Waals surface area (Å²) in [7, 11) is -4.31. The third-order valence-electron chi connectivity index (χ3n) is 9.19. The van der Waals surface area contributed by atoms with Crippen LogP contribution >= 0.6 is 11.6 Å². The van der Waals surface area contributed by atoms with Gasteiger partial charge in [-0.3, -0.25) is 18.5 Å². The molecular formula is C33H31ClN8O5S. The number of hydrogen-bond acceptors (Lipinski definition) is 9. The van der Waals surface area contributed by atoms with E-state index >= 15 is 0 Å². The van der Waals surface area contributed by atoms with Crippen molar-refractivity contribution in [3.8, 4) is 5.69 Å². The van der Waals surface area contributed by atoms with Gasteiger partial charge in [0.15, 0.2) is 22.8 Å². The number of anilines is 1. The summed E-state index contributed by atoms with van der Waals surface area (Å²) < 4.78 is 43.9. The minimum Gasteiger partial charge on any atom is -0.358 e. The van der Waals surface area contributed by atoms with Gasteiger partial charge in [0.05, 0.1) is 28.0 Å². The van der Waals surface area contributed by atoms with Crippen molar-refractivity contribution >= 4 is 44.2 Å². The highest BCUT2D eigenvalue weighted by Gasteiger charge is 2.39. The highest BCUT2D eigenvalue weighted by molar-refractivity contribution is 7.85. The molecule has 0 spiro atoms. The average molecular weight is 687 g/mol. The van der Waals surface area contributed by atoms with Crippen LogP contribution in [0.3, 0.4) is 0 Å². The standard InChI is InChI=1S/C33H31ClN8O5S/c34-25-13-14-41-29(25)33(43)42(23-6-2-1-3-7-23)30(38-41)26-17-22(16-21-9-11-24(12-10-21)48(44,45)46)18-39(26)31-28-32(36-19-35-31)40(20-37-28)27-8-4-5-15-47-27/h1-3,6-7,9-14,19-20,22,26-27H,4-5,8,15-18H2,(H,44,45,46).